The average Bonchev–Trinajstić information content (AvgIpc) is 3.30. The van der Waals surface area contributed by atoms with Crippen LogP contribution in [-0.4, -0.2) is 62.4 Å². The lowest BCUT2D eigenvalue weighted by Crippen LogP contribution is -2.46. The van der Waals surface area contributed by atoms with Crippen molar-refractivity contribution in [3.05, 3.63) is 36.5 Å². The van der Waals surface area contributed by atoms with Gasteiger partial charge in [0.1, 0.15) is 18.2 Å². The Morgan fingerprint density at radius 1 is 1.37 bits per heavy atom. The quantitative estimate of drug-likeness (QED) is 0.552. The summed E-state index contributed by atoms with van der Waals surface area (Å²) < 4.78 is 51.8. The van der Waals surface area contributed by atoms with Gasteiger partial charge in [-0.3, -0.25) is 4.79 Å². The summed E-state index contributed by atoms with van der Waals surface area (Å²) in [5.41, 5.74) is 1.11. The van der Waals surface area contributed by atoms with E-state index in [0.29, 0.717) is 16.6 Å². The predicted molar refractivity (Wildman–Crippen MR) is 97.9 cm³/mol. The molecule has 158 valence electrons. The monoisotopic (exact) mass is 424 g/mol. The van der Waals surface area contributed by atoms with E-state index in [0.717, 1.165) is 11.1 Å². The van der Waals surface area contributed by atoms with Gasteiger partial charge >= 0.3 is 6.18 Å². The summed E-state index contributed by atoms with van der Waals surface area (Å²) in [5, 5.41) is 12.4. The van der Waals surface area contributed by atoms with Crippen molar-refractivity contribution >= 4 is 22.8 Å². The minimum absolute atomic E-state index is 0.140. The van der Waals surface area contributed by atoms with Crippen molar-refractivity contribution in [3.63, 3.8) is 0 Å². The van der Waals surface area contributed by atoms with Crippen molar-refractivity contribution in [1.29, 1.82) is 0 Å². The fourth-order valence-electron chi connectivity index (χ4n) is 3.43. The third-order valence-corrected chi connectivity index (χ3v) is 4.73. The maximum absolute atomic E-state index is 14.5. The van der Waals surface area contributed by atoms with E-state index in [1.807, 2.05) is 0 Å². The van der Waals surface area contributed by atoms with Gasteiger partial charge in [0.15, 0.2) is 17.5 Å². The Morgan fingerprint density at radius 3 is 2.93 bits per heavy atom. The number of β-amino-alcohol motifs (C(OH)–C–C–N with tert-alkyl or cyclic N) is 1. The number of hydrogen-bond donors (Lipinski definition) is 3. The van der Waals surface area contributed by atoms with Crippen molar-refractivity contribution in [2.75, 3.05) is 18.0 Å². The minimum Gasteiger partial charge on any atom is -0.391 e. The summed E-state index contributed by atoms with van der Waals surface area (Å²) in [6, 6.07) is 2.28. The molecule has 1 amide bonds. The van der Waals surface area contributed by atoms with Gasteiger partial charge in [-0.05, 0) is 12.1 Å². The first-order valence-electron chi connectivity index (χ1n) is 8.97. The molecule has 0 bridgehead atoms. The van der Waals surface area contributed by atoms with Crippen LogP contribution in [0.3, 0.4) is 0 Å². The number of hydrogen-bond acceptors (Lipinski definition) is 6. The van der Waals surface area contributed by atoms with Gasteiger partial charge in [-0.25, -0.2) is 19.3 Å². The topological polar surface area (TPSA) is 107 Å². The van der Waals surface area contributed by atoms with Gasteiger partial charge in [0.2, 0.25) is 5.91 Å². The third kappa shape index (κ3) is 3.90. The number of anilines is 1. The molecule has 0 saturated carbocycles. The Hall–Kier alpha value is -3.28. The third-order valence-electron chi connectivity index (χ3n) is 4.73. The molecule has 3 aromatic heterocycles. The van der Waals surface area contributed by atoms with Crippen LogP contribution >= 0.6 is 0 Å². The van der Waals surface area contributed by atoms with Gasteiger partial charge in [0, 0.05) is 36.3 Å². The molecule has 0 spiro atoms. The number of aliphatic hydroxyl groups is 1. The van der Waals surface area contributed by atoms with Gasteiger partial charge < -0.3 is 20.3 Å². The van der Waals surface area contributed by atoms with Crippen LogP contribution in [0.2, 0.25) is 0 Å². The lowest BCUT2D eigenvalue weighted by molar-refractivity contribution is -0.139. The van der Waals surface area contributed by atoms with Crippen LogP contribution in [0.15, 0.2) is 30.7 Å². The highest BCUT2D eigenvalue weighted by atomic mass is 19.4. The van der Waals surface area contributed by atoms with Crippen LogP contribution in [0.1, 0.15) is 6.42 Å². The lowest BCUT2D eigenvalue weighted by Gasteiger charge is -2.25. The number of carbonyl (C=O) groups is 1. The Labute approximate surface area is 167 Å². The standard InChI is InChI=1S/C18H16F4N6O2/c19-12-6-25-15(11-5-24-14-10(11)2-1-3-23-14)27-16(12)28-7-9(29)4-13(28)17(30)26-8-18(20,21)22/h1-3,5-6,9,13,29H,4,7-8H2,(H,23,24)(H,26,30)/t9-,13?/m0/s1. The summed E-state index contributed by atoms with van der Waals surface area (Å²) in [7, 11) is 0. The zero-order valence-corrected chi connectivity index (χ0v) is 15.3. The second-order valence-electron chi connectivity index (χ2n) is 6.86. The van der Waals surface area contributed by atoms with Gasteiger partial charge in [-0.15, -0.1) is 0 Å². The highest BCUT2D eigenvalue weighted by Crippen LogP contribution is 2.30. The lowest BCUT2D eigenvalue weighted by atomic mass is 10.2. The second-order valence-corrected chi connectivity index (χ2v) is 6.86. The van der Waals surface area contributed by atoms with Gasteiger partial charge in [-0.1, -0.05) is 0 Å². The molecular weight excluding hydrogens is 408 g/mol. The number of H-pyrrole nitrogens is 1. The molecule has 3 aromatic rings. The molecule has 3 N–H and O–H groups in total. The molecule has 12 heteroatoms. The van der Waals surface area contributed by atoms with E-state index in [1.54, 1.807) is 29.8 Å². The number of nitrogens with one attached hydrogen (secondary N) is 2. The molecule has 30 heavy (non-hydrogen) atoms. The number of aromatic amines is 1. The number of rotatable bonds is 4. The molecule has 0 aliphatic carbocycles. The van der Waals surface area contributed by atoms with Crippen LogP contribution in [-0.2, 0) is 4.79 Å². The summed E-state index contributed by atoms with van der Waals surface area (Å²) in [4.78, 5) is 28.7. The molecule has 1 saturated heterocycles. The summed E-state index contributed by atoms with van der Waals surface area (Å²) in [6.45, 7) is -1.68. The molecule has 1 aliphatic rings. The van der Waals surface area contributed by atoms with Crippen molar-refractivity contribution in [3.8, 4) is 11.4 Å². The fraction of sp³-hybridized carbons (Fsp3) is 0.333. The van der Waals surface area contributed by atoms with E-state index in [4.69, 9.17) is 0 Å². The molecule has 1 fully saturated rings. The molecule has 1 unspecified atom stereocenters. The molecule has 2 atom stereocenters. The number of aromatic nitrogens is 4. The number of alkyl halides is 3. The van der Waals surface area contributed by atoms with E-state index in [9.17, 15) is 27.5 Å². The number of nitrogens with zero attached hydrogens (tertiary/aromatic N) is 4. The Kier molecular flexibility index (Phi) is 5.02. The van der Waals surface area contributed by atoms with E-state index >= 15 is 0 Å². The number of aliphatic hydroxyl groups excluding tert-OH is 1. The largest absolute Gasteiger partial charge is 0.405 e. The van der Waals surface area contributed by atoms with Crippen LogP contribution in [0, 0.1) is 5.82 Å². The molecule has 8 nitrogen and oxygen atoms in total. The smallest absolute Gasteiger partial charge is 0.391 e. The zero-order chi connectivity index (χ0) is 21.5. The fourth-order valence-corrected chi connectivity index (χ4v) is 3.43. The highest BCUT2D eigenvalue weighted by Gasteiger charge is 2.39. The van der Waals surface area contributed by atoms with E-state index in [2.05, 4.69) is 19.9 Å². The van der Waals surface area contributed by atoms with Crippen molar-refractivity contribution in [2.24, 2.45) is 0 Å². The van der Waals surface area contributed by atoms with Gasteiger partial charge in [0.25, 0.3) is 0 Å². The normalized spacial score (nSPS) is 19.4. The Morgan fingerprint density at radius 2 is 2.17 bits per heavy atom. The Balaban J connectivity index is 1.67. The SMILES string of the molecule is O=C(NCC(F)(F)F)C1C[C@H](O)CN1c1nc(-c2c[nH]c3ncccc23)ncc1F. The predicted octanol–water partition coefficient (Wildman–Crippen LogP) is 1.78. The number of carbonyl (C=O) groups excluding carboxylic acids is 1. The first-order chi connectivity index (χ1) is 14.2. The summed E-state index contributed by atoms with van der Waals surface area (Å²) in [5.74, 6) is -1.97. The number of amides is 1. The van der Waals surface area contributed by atoms with Crippen LogP contribution < -0.4 is 10.2 Å². The number of halogens is 4. The van der Waals surface area contributed by atoms with Gasteiger partial charge in [-0.2, -0.15) is 13.2 Å². The molecule has 0 radical (unpaired) electrons. The molecule has 4 rings (SSSR count). The zero-order valence-electron chi connectivity index (χ0n) is 15.3. The first kappa shape index (κ1) is 20.0. The molecule has 4 heterocycles. The van der Waals surface area contributed by atoms with Crippen LogP contribution in [0.5, 0.6) is 0 Å². The molecular formula is C18H16F4N6O2. The maximum atomic E-state index is 14.5. The Bertz CT molecular complexity index is 1090. The average molecular weight is 424 g/mol. The van der Waals surface area contributed by atoms with Crippen LogP contribution in [0.25, 0.3) is 22.4 Å². The van der Waals surface area contributed by atoms with E-state index in [-0.39, 0.29) is 24.6 Å². The van der Waals surface area contributed by atoms with E-state index < -0.39 is 36.6 Å². The number of pyridine rings is 1. The summed E-state index contributed by atoms with van der Waals surface area (Å²) >= 11 is 0. The van der Waals surface area contributed by atoms with Crippen molar-refractivity contribution < 1.29 is 27.5 Å². The van der Waals surface area contributed by atoms with Crippen molar-refractivity contribution in [2.45, 2.75) is 24.7 Å². The minimum atomic E-state index is -4.59. The second kappa shape index (κ2) is 7.52. The van der Waals surface area contributed by atoms with Crippen molar-refractivity contribution in [1.82, 2.24) is 25.3 Å². The maximum Gasteiger partial charge on any atom is 0.405 e. The number of fused-ring (bicyclic) bond motifs is 1. The van der Waals surface area contributed by atoms with E-state index in [1.165, 1.54) is 0 Å². The van der Waals surface area contributed by atoms with Gasteiger partial charge in [0.05, 0.1) is 12.3 Å². The summed E-state index contributed by atoms with van der Waals surface area (Å²) in [6.07, 6.45) is -1.66. The first-order valence-corrected chi connectivity index (χ1v) is 8.97. The molecule has 0 aromatic carbocycles. The molecule has 1 aliphatic heterocycles. The highest BCUT2D eigenvalue weighted by molar-refractivity contribution is 5.91. The van der Waals surface area contributed by atoms with Crippen LogP contribution in [0.4, 0.5) is 23.4 Å².